The summed E-state index contributed by atoms with van der Waals surface area (Å²) in [5.74, 6) is 0. The summed E-state index contributed by atoms with van der Waals surface area (Å²) in [6.07, 6.45) is -0.176. The molecular formula is C9H22N2O2. The molecule has 0 aliphatic carbocycles. The lowest BCUT2D eigenvalue weighted by Gasteiger charge is -2.23. The van der Waals surface area contributed by atoms with Crippen molar-refractivity contribution in [3.63, 3.8) is 0 Å². The van der Waals surface area contributed by atoms with Gasteiger partial charge in [-0.3, -0.25) is 4.90 Å². The Kier molecular flexibility index (Phi) is 7.17. The predicted octanol–water partition coefficient (Wildman–Crippen LogP) is -0.165. The maximum atomic E-state index is 8.94. The monoisotopic (exact) mass is 190 g/mol. The Morgan fingerprint density at radius 1 is 1.31 bits per heavy atom. The van der Waals surface area contributed by atoms with Gasteiger partial charge in [0.25, 0.3) is 0 Å². The second-order valence-corrected chi connectivity index (χ2v) is 3.37. The third kappa shape index (κ3) is 5.99. The number of nitrogens with zero attached hydrogens (tertiary/aromatic N) is 2. The quantitative estimate of drug-likeness (QED) is 0.566. The Balaban J connectivity index is 3.49. The first-order valence-corrected chi connectivity index (χ1v) is 4.69. The molecule has 0 aromatic carbocycles. The van der Waals surface area contributed by atoms with E-state index in [0.29, 0.717) is 6.61 Å². The number of hydrogen-bond donors (Lipinski definition) is 1. The van der Waals surface area contributed by atoms with Crippen molar-refractivity contribution in [1.82, 2.24) is 9.80 Å². The molecule has 4 nitrogen and oxygen atoms in total. The van der Waals surface area contributed by atoms with E-state index in [0.717, 1.165) is 13.1 Å². The molecule has 0 radical (unpaired) electrons. The van der Waals surface area contributed by atoms with E-state index in [1.807, 2.05) is 26.0 Å². The average molecular weight is 190 g/mol. The molecular weight excluding hydrogens is 168 g/mol. The van der Waals surface area contributed by atoms with Crippen LogP contribution in [0.3, 0.4) is 0 Å². The molecule has 0 aromatic rings. The van der Waals surface area contributed by atoms with Crippen molar-refractivity contribution in [1.29, 1.82) is 0 Å². The second kappa shape index (κ2) is 7.26. The Hall–Kier alpha value is -0.160. The summed E-state index contributed by atoms with van der Waals surface area (Å²) in [5.41, 5.74) is 0. The predicted molar refractivity (Wildman–Crippen MR) is 53.7 cm³/mol. The number of rotatable bonds is 7. The van der Waals surface area contributed by atoms with Crippen LogP contribution in [-0.2, 0) is 4.74 Å². The fraction of sp³-hybridized carbons (Fsp3) is 1.00. The first-order valence-electron chi connectivity index (χ1n) is 4.69. The molecule has 0 heterocycles. The maximum absolute atomic E-state index is 8.94. The molecule has 0 aliphatic heterocycles. The van der Waals surface area contributed by atoms with E-state index in [1.54, 1.807) is 0 Å². The standard InChI is InChI=1S/C9H22N2O2/c1-5-11(4)6-7-13-9(8-12)10(2)3/h9,12H,5-8H2,1-4H3. The van der Waals surface area contributed by atoms with Gasteiger partial charge in [-0.1, -0.05) is 6.92 Å². The van der Waals surface area contributed by atoms with Gasteiger partial charge in [0.15, 0.2) is 0 Å². The minimum absolute atomic E-state index is 0.0445. The molecule has 0 saturated carbocycles. The van der Waals surface area contributed by atoms with Gasteiger partial charge >= 0.3 is 0 Å². The van der Waals surface area contributed by atoms with Crippen molar-refractivity contribution >= 4 is 0 Å². The van der Waals surface area contributed by atoms with Crippen LogP contribution in [0.2, 0.25) is 0 Å². The zero-order valence-corrected chi connectivity index (χ0v) is 9.16. The normalized spacial score (nSPS) is 14.1. The zero-order chi connectivity index (χ0) is 10.3. The van der Waals surface area contributed by atoms with Gasteiger partial charge in [-0.15, -0.1) is 0 Å². The molecule has 0 saturated heterocycles. The lowest BCUT2D eigenvalue weighted by molar-refractivity contribution is -0.0698. The summed E-state index contributed by atoms with van der Waals surface area (Å²) in [5, 5.41) is 8.94. The number of likely N-dealkylation sites (N-methyl/N-ethyl adjacent to an activating group) is 2. The molecule has 0 rings (SSSR count). The van der Waals surface area contributed by atoms with Crippen molar-refractivity contribution in [2.24, 2.45) is 0 Å². The molecule has 80 valence electrons. The molecule has 0 aromatic heterocycles. The van der Waals surface area contributed by atoms with Gasteiger partial charge < -0.3 is 14.7 Å². The molecule has 0 aliphatic rings. The zero-order valence-electron chi connectivity index (χ0n) is 9.16. The summed E-state index contributed by atoms with van der Waals surface area (Å²) in [4.78, 5) is 4.04. The summed E-state index contributed by atoms with van der Waals surface area (Å²) in [6.45, 7) is 4.74. The Bertz CT molecular complexity index is 120. The molecule has 1 atom stereocenters. The fourth-order valence-electron chi connectivity index (χ4n) is 0.868. The molecule has 1 unspecified atom stereocenters. The second-order valence-electron chi connectivity index (χ2n) is 3.37. The van der Waals surface area contributed by atoms with E-state index in [9.17, 15) is 0 Å². The molecule has 0 amide bonds. The van der Waals surface area contributed by atoms with Gasteiger partial charge in [-0.25, -0.2) is 0 Å². The summed E-state index contributed by atoms with van der Waals surface area (Å²) >= 11 is 0. The van der Waals surface area contributed by atoms with Crippen LogP contribution < -0.4 is 0 Å². The maximum Gasteiger partial charge on any atom is 0.133 e. The lowest BCUT2D eigenvalue weighted by Crippen LogP contribution is -2.36. The van der Waals surface area contributed by atoms with Crippen molar-refractivity contribution in [2.45, 2.75) is 13.2 Å². The Labute approximate surface area is 81.1 Å². The van der Waals surface area contributed by atoms with Gasteiger partial charge in [-0.05, 0) is 27.7 Å². The van der Waals surface area contributed by atoms with Crippen molar-refractivity contribution in [2.75, 3.05) is 47.4 Å². The smallest absolute Gasteiger partial charge is 0.133 e. The van der Waals surface area contributed by atoms with E-state index in [4.69, 9.17) is 9.84 Å². The van der Waals surface area contributed by atoms with Crippen molar-refractivity contribution in [3.05, 3.63) is 0 Å². The molecule has 13 heavy (non-hydrogen) atoms. The van der Waals surface area contributed by atoms with Crippen molar-refractivity contribution < 1.29 is 9.84 Å². The van der Waals surface area contributed by atoms with E-state index >= 15 is 0 Å². The number of hydrogen-bond acceptors (Lipinski definition) is 4. The minimum atomic E-state index is -0.176. The summed E-state index contributed by atoms with van der Waals surface area (Å²) < 4.78 is 5.46. The molecule has 0 spiro atoms. The highest BCUT2D eigenvalue weighted by molar-refractivity contribution is 4.52. The molecule has 0 fully saturated rings. The highest BCUT2D eigenvalue weighted by Crippen LogP contribution is 1.94. The molecule has 0 bridgehead atoms. The van der Waals surface area contributed by atoms with E-state index in [-0.39, 0.29) is 12.8 Å². The van der Waals surface area contributed by atoms with Gasteiger partial charge in [-0.2, -0.15) is 0 Å². The Morgan fingerprint density at radius 2 is 1.92 bits per heavy atom. The SMILES string of the molecule is CCN(C)CCOC(CO)N(C)C. The lowest BCUT2D eigenvalue weighted by atomic mass is 10.5. The number of aliphatic hydroxyl groups excluding tert-OH is 1. The van der Waals surface area contributed by atoms with Crippen LogP contribution in [0.1, 0.15) is 6.92 Å². The minimum Gasteiger partial charge on any atom is -0.392 e. The third-order valence-corrected chi connectivity index (χ3v) is 2.06. The van der Waals surface area contributed by atoms with Crippen LogP contribution in [0.15, 0.2) is 0 Å². The van der Waals surface area contributed by atoms with Crippen LogP contribution in [0, 0.1) is 0 Å². The van der Waals surface area contributed by atoms with Gasteiger partial charge in [0, 0.05) is 6.54 Å². The first kappa shape index (κ1) is 12.8. The third-order valence-electron chi connectivity index (χ3n) is 2.06. The van der Waals surface area contributed by atoms with Crippen LogP contribution >= 0.6 is 0 Å². The van der Waals surface area contributed by atoms with Crippen LogP contribution in [0.5, 0.6) is 0 Å². The molecule has 1 N–H and O–H groups in total. The van der Waals surface area contributed by atoms with Crippen LogP contribution in [-0.4, -0.2) is 68.6 Å². The Morgan fingerprint density at radius 3 is 2.31 bits per heavy atom. The molecule has 4 heteroatoms. The van der Waals surface area contributed by atoms with Crippen molar-refractivity contribution in [3.8, 4) is 0 Å². The van der Waals surface area contributed by atoms with Gasteiger partial charge in [0.2, 0.25) is 0 Å². The first-order chi connectivity index (χ1) is 6.11. The average Bonchev–Trinajstić information content (AvgIpc) is 2.11. The van der Waals surface area contributed by atoms with E-state index < -0.39 is 0 Å². The number of ether oxygens (including phenoxy) is 1. The largest absolute Gasteiger partial charge is 0.392 e. The highest BCUT2D eigenvalue weighted by atomic mass is 16.5. The van der Waals surface area contributed by atoms with Crippen LogP contribution in [0.25, 0.3) is 0 Å². The number of aliphatic hydroxyl groups is 1. The fourth-order valence-corrected chi connectivity index (χ4v) is 0.868. The van der Waals surface area contributed by atoms with E-state index in [1.165, 1.54) is 0 Å². The topological polar surface area (TPSA) is 35.9 Å². The van der Waals surface area contributed by atoms with Gasteiger partial charge in [0.1, 0.15) is 6.23 Å². The highest BCUT2D eigenvalue weighted by Gasteiger charge is 2.09. The summed E-state index contributed by atoms with van der Waals surface area (Å²) in [6, 6.07) is 0. The van der Waals surface area contributed by atoms with Crippen LogP contribution in [0.4, 0.5) is 0 Å². The summed E-state index contributed by atoms with van der Waals surface area (Å²) in [7, 11) is 5.84. The van der Waals surface area contributed by atoms with E-state index in [2.05, 4.69) is 11.8 Å². The van der Waals surface area contributed by atoms with Gasteiger partial charge in [0.05, 0.1) is 13.2 Å².